The number of hydrogen-bond acceptors (Lipinski definition) is 4. The highest BCUT2D eigenvalue weighted by Gasteiger charge is 2.72. The Morgan fingerprint density at radius 1 is 1.43 bits per heavy atom. The molecule has 1 aliphatic heterocycles. The van der Waals surface area contributed by atoms with E-state index in [9.17, 15) is 13.2 Å². The van der Waals surface area contributed by atoms with E-state index in [-0.39, 0.29) is 28.5 Å². The van der Waals surface area contributed by atoms with Gasteiger partial charge in [-0.1, -0.05) is 19.9 Å². The first-order valence-corrected chi connectivity index (χ1v) is 9.88. The molecule has 1 aromatic heterocycles. The Hall–Kier alpha value is -0.880. The third kappa shape index (κ3) is 1.50. The van der Waals surface area contributed by atoms with E-state index in [0.717, 1.165) is 19.3 Å². The van der Waals surface area contributed by atoms with Gasteiger partial charge in [0.1, 0.15) is 0 Å². The van der Waals surface area contributed by atoms with Crippen LogP contribution in [0.25, 0.3) is 0 Å². The number of carbonyl (C=O) groups is 1. The van der Waals surface area contributed by atoms with Gasteiger partial charge in [0.2, 0.25) is 10.0 Å². The first-order valence-electron chi connectivity index (χ1n) is 7.39. The maximum Gasteiger partial charge on any atom is 0.277 e. The van der Waals surface area contributed by atoms with Crippen molar-refractivity contribution in [1.82, 2.24) is 4.31 Å². The summed E-state index contributed by atoms with van der Waals surface area (Å²) in [5.74, 6) is 0.359. The predicted octanol–water partition coefficient (Wildman–Crippen LogP) is 2.73. The number of thiophene rings is 1. The smallest absolute Gasteiger partial charge is 0.267 e. The minimum Gasteiger partial charge on any atom is -0.267 e. The SMILES string of the molecule is CC1(C)[C@@H]2CC[C@@]13CS(=O)(=O)N(C(=O)c1cccs1)[C@@H]3C2. The highest BCUT2D eigenvalue weighted by molar-refractivity contribution is 7.90. The summed E-state index contributed by atoms with van der Waals surface area (Å²) in [4.78, 5) is 13.2. The molecule has 1 aromatic rings. The van der Waals surface area contributed by atoms with Crippen molar-refractivity contribution < 1.29 is 13.2 Å². The lowest BCUT2D eigenvalue weighted by Crippen LogP contribution is -2.44. The van der Waals surface area contributed by atoms with Crippen LogP contribution in [-0.4, -0.2) is 30.4 Å². The highest BCUT2D eigenvalue weighted by Crippen LogP contribution is 2.70. The van der Waals surface area contributed by atoms with E-state index in [4.69, 9.17) is 0 Å². The Balaban J connectivity index is 1.82. The van der Waals surface area contributed by atoms with Crippen molar-refractivity contribution in [3.05, 3.63) is 22.4 Å². The molecule has 2 heterocycles. The summed E-state index contributed by atoms with van der Waals surface area (Å²) < 4.78 is 26.6. The fourth-order valence-electron chi connectivity index (χ4n) is 5.07. The zero-order valence-electron chi connectivity index (χ0n) is 12.2. The molecular weight excluding hydrogens is 306 g/mol. The lowest BCUT2D eigenvalue weighted by molar-refractivity contribution is 0.0705. The van der Waals surface area contributed by atoms with Crippen LogP contribution in [0.15, 0.2) is 17.5 Å². The monoisotopic (exact) mass is 325 g/mol. The van der Waals surface area contributed by atoms with Crippen molar-refractivity contribution in [3.63, 3.8) is 0 Å². The first-order chi connectivity index (χ1) is 9.80. The summed E-state index contributed by atoms with van der Waals surface area (Å²) in [5.41, 5.74) is -0.224. The molecule has 2 bridgehead atoms. The van der Waals surface area contributed by atoms with Gasteiger partial charge in [0.15, 0.2) is 0 Å². The first kappa shape index (κ1) is 13.8. The Labute approximate surface area is 129 Å². The van der Waals surface area contributed by atoms with E-state index >= 15 is 0 Å². The number of amides is 1. The van der Waals surface area contributed by atoms with Gasteiger partial charge in [-0.05, 0) is 42.0 Å². The summed E-state index contributed by atoms with van der Waals surface area (Å²) in [6.45, 7) is 4.39. The topological polar surface area (TPSA) is 54.5 Å². The Kier molecular flexibility index (Phi) is 2.56. The summed E-state index contributed by atoms with van der Waals surface area (Å²) >= 11 is 1.31. The van der Waals surface area contributed by atoms with Gasteiger partial charge >= 0.3 is 0 Å². The van der Waals surface area contributed by atoms with E-state index in [1.54, 1.807) is 12.1 Å². The van der Waals surface area contributed by atoms with Gasteiger partial charge in [-0.15, -0.1) is 11.3 Å². The van der Waals surface area contributed by atoms with E-state index in [0.29, 0.717) is 10.8 Å². The van der Waals surface area contributed by atoms with Crippen molar-refractivity contribution in [1.29, 1.82) is 0 Å². The highest BCUT2D eigenvalue weighted by atomic mass is 32.2. The normalized spacial score (nSPS) is 38.7. The average Bonchev–Trinajstić information content (AvgIpc) is 3.08. The molecular formula is C15H19NO3S2. The number of carbonyl (C=O) groups excluding carboxylic acids is 1. The summed E-state index contributed by atoms with van der Waals surface area (Å²) in [7, 11) is -3.50. The fourth-order valence-corrected chi connectivity index (χ4v) is 8.31. The second-order valence-corrected chi connectivity index (χ2v) is 9.99. The predicted molar refractivity (Wildman–Crippen MR) is 81.6 cm³/mol. The van der Waals surface area contributed by atoms with E-state index in [1.807, 2.05) is 5.38 Å². The maximum absolute atomic E-state index is 12.7. The number of nitrogens with zero attached hydrogens (tertiary/aromatic N) is 1. The van der Waals surface area contributed by atoms with Crippen LogP contribution < -0.4 is 0 Å². The van der Waals surface area contributed by atoms with Crippen molar-refractivity contribution >= 4 is 27.3 Å². The van der Waals surface area contributed by atoms with E-state index in [1.165, 1.54) is 15.6 Å². The summed E-state index contributed by atoms with van der Waals surface area (Å²) in [6.07, 6.45) is 2.87. The molecule has 6 heteroatoms. The Bertz CT molecular complexity index is 707. The Morgan fingerprint density at radius 2 is 2.19 bits per heavy atom. The molecule has 0 N–H and O–H groups in total. The van der Waals surface area contributed by atoms with E-state index in [2.05, 4.69) is 13.8 Å². The number of sulfonamides is 1. The second-order valence-electron chi connectivity index (χ2n) is 7.20. The molecule has 3 aliphatic rings. The molecule has 0 aromatic carbocycles. The molecule has 0 radical (unpaired) electrons. The second kappa shape index (κ2) is 3.90. The largest absolute Gasteiger partial charge is 0.277 e. The molecule has 21 heavy (non-hydrogen) atoms. The lowest BCUT2D eigenvalue weighted by atomic mass is 9.69. The van der Waals surface area contributed by atoms with Gasteiger partial charge in [-0.2, -0.15) is 0 Å². The third-order valence-electron chi connectivity index (χ3n) is 6.34. The van der Waals surface area contributed by atoms with Gasteiger partial charge in [-0.3, -0.25) is 4.79 Å². The standard InChI is InChI=1S/C15H19NO3S2/c1-14(2)10-5-6-15(14)9-21(18,19)16(12(15)8-10)13(17)11-4-3-7-20-11/h3-4,7,10,12H,5-6,8-9H2,1-2H3/t10-,12-,15+/m1/s1. The van der Waals surface area contributed by atoms with Crippen molar-refractivity contribution in [2.45, 2.75) is 39.2 Å². The summed E-state index contributed by atoms with van der Waals surface area (Å²) in [5, 5.41) is 1.82. The third-order valence-corrected chi connectivity index (χ3v) is 9.10. The maximum atomic E-state index is 12.7. The minimum absolute atomic E-state index is 0.00914. The number of hydrogen-bond donors (Lipinski definition) is 0. The Morgan fingerprint density at radius 3 is 2.81 bits per heavy atom. The van der Waals surface area contributed by atoms with Crippen LogP contribution in [0.4, 0.5) is 0 Å². The van der Waals surface area contributed by atoms with Crippen LogP contribution in [0.1, 0.15) is 42.8 Å². The fraction of sp³-hybridized carbons (Fsp3) is 0.667. The molecule has 114 valence electrons. The molecule has 1 spiro atoms. The molecule has 2 aliphatic carbocycles. The molecule has 0 unspecified atom stereocenters. The molecule has 1 saturated heterocycles. The number of fused-ring (bicyclic) bond motifs is 1. The molecule has 4 rings (SSSR count). The van der Waals surface area contributed by atoms with Crippen molar-refractivity contribution in [2.75, 3.05) is 5.75 Å². The van der Waals surface area contributed by atoms with Gasteiger partial charge in [0.25, 0.3) is 5.91 Å². The zero-order chi connectivity index (χ0) is 15.0. The van der Waals surface area contributed by atoms with E-state index < -0.39 is 10.0 Å². The van der Waals surface area contributed by atoms with Crippen LogP contribution in [0.3, 0.4) is 0 Å². The quantitative estimate of drug-likeness (QED) is 0.798. The van der Waals surface area contributed by atoms with Crippen LogP contribution in [-0.2, 0) is 10.0 Å². The molecule has 2 saturated carbocycles. The van der Waals surface area contributed by atoms with Crippen molar-refractivity contribution in [3.8, 4) is 0 Å². The van der Waals surface area contributed by atoms with Crippen LogP contribution in [0.5, 0.6) is 0 Å². The van der Waals surface area contributed by atoms with Crippen LogP contribution in [0.2, 0.25) is 0 Å². The van der Waals surface area contributed by atoms with Gasteiger partial charge in [-0.25, -0.2) is 12.7 Å². The van der Waals surface area contributed by atoms with Crippen molar-refractivity contribution in [2.24, 2.45) is 16.7 Å². The minimum atomic E-state index is -3.50. The van der Waals surface area contributed by atoms with Crippen LogP contribution >= 0.6 is 11.3 Å². The average molecular weight is 325 g/mol. The molecule has 1 amide bonds. The van der Waals surface area contributed by atoms with Gasteiger partial charge in [0.05, 0.1) is 16.7 Å². The van der Waals surface area contributed by atoms with Gasteiger partial charge < -0.3 is 0 Å². The number of rotatable bonds is 1. The molecule has 3 fully saturated rings. The molecule has 3 atom stereocenters. The molecule has 4 nitrogen and oxygen atoms in total. The summed E-state index contributed by atoms with van der Waals surface area (Å²) in [6, 6.07) is 3.37. The van der Waals surface area contributed by atoms with Crippen LogP contribution in [0, 0.1) is 16.7 Å². The van der Waals surface area contributed by atoms with Gasteiger partial charge in [0, 0.05) is 5.41 Å². The lowest BCUT2D eigenvalue weighted by Gasteiger charge is -2.37. The zero-order valence-corrected chi connectivity index (χ0v) is 13.8.